The summed E-state index contributed by atoms with van der Waals surface area (Å²) in [6, 6.07) is 15.2. The Balaban J connectivity index is 1.63. The zero-order valence-corrected chi connectivity index (χ0v) is 14.2. The predicted molar refractivity (Wildman–Crippen MR) is 94.9 cm³/mol. The fourth-order valence-electron chi connectivity index (χ4n) is 2.81. The Hall–Kier alpha value is -2.33. The summed E-state index contributed by atoms with van der Waals surface area (Å²) >= 11 is 6.14. The molecule has 1 fully saturated rings. The molecule has 1 aliphatic rings. The molecule has 1 N–H and O–H groups in total. The molecule has 3 rings (SSSR count). The minimum atomic E-state index is -0.332. The number of aryl methyl sites for hydroxylation is 1. The van der Waals surface area contributed by atoms with Crippen molar-refractivity contribution in [3.05, 3.63) is 64.7 Å². The molecule has 2 amide bonds. The number of hydrogen-bond acceptors (Lipinski definition) is 2. The average molecular weight is 343 g/mol. The summed E-state index contributed by atoms with van der Waals surface area (Å²) in [5, 5.41) is 3.53. The maximum absolute atomic E-state index is 12.3. The lowest BCUT2D eigenvalue weighted by molar-refractivity contribution is -0.126. The van der Waals surface area contributed by atoms with E-state index in [1.807, 2.05) is 49.4 Å². The molecule has 1 atom stereocenters. The van der Waals surface area contributed by atoms with Gasteiger partial charge in [-0.15, -0.1) is 0 Å². The van der Waals surface area contributed by atoms with Gasteiger partial charge in [0.25, 0.3) is 0 Å². The monoisotopic (exact) mass is 342 g/mol. The van der Waals surface area contributed by atoms with E-state index in [0.29, 0.717) is 18.1 Å². The van der Waals surface area contributed by atoms with Crippen molar-refractivity contribution in [2.75, 3.05) is 11.4 Å². The number of anilines is 1. The second-order valence-electron chi connectivity index (χ2n) is 6.04. The molecular weight excluding hydrogens is 324 g/mol. The Bertz CT molecular complexity index is 761. The Morgan fingerprint density at radius 1 is 1.25 bits per heavy atom. The van der Waals surface area contributed by atoms with Crippen LogP contribution < -0.4 is 10.2 Å². The number of amides is 2. The van der Waals surface area contributed by atoms with Crippen LogP contribution in [-0.2, 0) is 16.1 Å². The first-order valence-corrected chi connectivity index (χ1v) is 8.30. The van der Waals surface area contributed by atoms with Gasteiger partial charge in [0.2, 0.25) is 11.8 Å². The molecule has 5 heteroatoms. The van der Waals surface area contributed by atoms with Crippen molar-refractivity contribution in [1.82, 2.24) is 5.32 Å². The molecule has 0 aromatic heterocycles. The standard InChI is InChI=1S/C19H19ClN2O2/c1-13-7-8-16(10-17(13)20)22-12-15(9-18(22)23)19(24)21-11-14-5-3-2-4-6-14/h2-8,10,15H,9,11-12H2,1H3,(H,21,24)/t15-/m1/s1. The predicted octanol–water partition coefficient (Wildman–Crippen LogP) is 3.32. The molecule has 2 aromatic carbocycles. The number of halogens is 1. The van der Waals surface area contributed by atoms with Crippen LogP contribution in [0.3, 0.4) is 0 Å². The maximum Gasteiger partial charge on any atom is 0.227 e. The SMILES string of the molecule is Cc1ccc(N2C[C@H](C(=O)NCc3ccccc3)CC2=O)cc1Cl. The van der Waals surface area contributed by atoms with Gasteiger partial charge in [-0.05, 0) is 30.2 Å². The fraction of sp³-hybridized carbons (Fsp3) is 0.263. The van der Waals surface area contributed by atoms with Crippen LogP contribution in [-0.4, -0.2) is 18.4 Å². The molecule has 1 aliphatic heterocycles. The smallest absolute Gasteiger partial charge is 0.227 e. The maximum atomic E-state index is 12.3. The lowest BCUT2D eigenvalue weighted by Gasteiger charge is -2.17. The van der Waals surface area contributed by atoms with Crippen LogP contribution in [0, 0.1) is 12.8 Å². The van der Waals surface area contributed by atoms with Gasteiger partial charge in [0.05, 0.1) is 5.92 Å². The second kappa shape index (κ2) is 7.05. The first-order valence-electron chi connectivity index (χ1n) is 7.93. The molecule has 1 heterocycles. The van der Waals surface area contributed by atoms with Gasteiger partial charge < -0.3 is 10.2 Å². The third-order valence-electron chi connectivity index (χ3n) is 4.27. The topological polar surface area (TPSA) is 49.4 Å². The third-order valence-corrected chi connectivity index (χ3v) is 4.68. The first-order chi connectivity index (χ1) is 11.5. The molecule has 24 heavy (non-hydrogen) atoms. The minimum Gasteiger partial charge on any atom is -0.352 e. The second-order valence-corrected chi connectivity index (χ2v) is 6.45. The highest BCUT2D eigenvalue weighted by atomic mass is 35.5. The van der Waals surface area contributed by atoms with Crippen LogP contribution in [0.2, 0.25) is 5.02 Å². The van der Waals surface area contributed by atoms with Crippen molar-refractivity contribution >= 4 is 29.1 Å². The summed E-state index contributed by atoms with van der Waals surface area (Å²) in [6.45, 7) is 2.78. The molecule has 0 saturated carbocycles. The number of nitrogens with one attached hydrogen (secondary N) is 1. The van der Waals surface area contributed by atoms with E-state index in [1.165, 1.54) is 0 Å². The Morgan fingerprint density at radius 2 is 2.00 bits per heavy atom. The Labute approximate surface area is 146 Å². The van der Waals surface area contributed by atoms with Crippen LogP contribution in [0.15, 0.2) is 48.5 Å². The third kappa shape index (κ3) is 3.60. The number of rotatable bonds is 4. The average Bonchev–Trinajstić information content (AvgIpc) is 2.98. The van der Waals surface area contributed by atoms with Gasteiger partial charge >= 0.3 is 0 Å². The Morgan fingerprint density at radius 3 is 2.71 bits per heavy atom. The van der Waals surface area contributed by atoms with E-state index in [-0.39, 0.29) is 24.2 Å². The van der Waals surface area contributed by atoms with Gasteiger partial charge in [-0.3, -0.25) is 9.59 Å². The highest BCUT2D eigenvalue weighted by Gasteiger charge is 2.35. The van der Waals surface area contributed by atoms with Crippen molar-refractivity contribution in [2.45, 2.75) is 19.9 Å². The highest BCUT2D eigenvalue weighted by molar-refractivity contribution is 6.31. The summed E-state index contributed by atoms with van der Waals surface area (Å²) < 4.78 is 0. The van der Waals surface area contributed by atoms with Crippen molar-refractivity contribution in [3.8, 4) is 0 Å². The van der Waals surface area contributed by atoms with Crippen LogP contribution in [0.4, 0.5) is 5.69 Å². The van der Waals surface area contributed by atoms with E-state index in [4.69, 9.17) is 11.6 Å². The molecule has 0 unspecified atom stereocenters. The zero-order valence-electron chi connectivity index (χ0n) is 13.5. The van der Waals surface area contributed by atoms with Gasteiger partial charge in [-0.2, -0.15) is 0 Å². The van der Waals surface area contributed by atoms with Crippen molar-refractivity contribution in [2.24, 2.45) is 5.92 Å². The number of carbonyl (C=O) groups is 2. The lowest BCUT2D eigenvalue weighted by atomic mass is 10.1. The van der Waals surface area contributed by atoms with Gasteiger partial charge in [0, 0.05) is 30.2 Å². The van der Waals surface area contributed by atoms with Gasteiger partial charge in [0.1, 0.15) is 0 Å². The summed E-state index contributed by atoms with van der Waals surface area (Å²) in [4.78, 5) is 26.2. The summed E-state index contributed by atoms with van der Waals surface area (Å²) in [5.74, 6) is -0.469. The highest BCUT2D eigenvalue weighted by Crippen LogP contribution is 2.28. The first kappa shape index (κ1) is 16.5. The van der Waals surface area contributed by atoms with Gasteiger partial charge in [-0.25, -0.2) is 0 Å². The largest absolute Gasteiger partial charge is 0.352 e. The van der Waals surface area contributed by atoms with E-state index in [0.717, 1.165) is 16.8 Å². The molecule has 0 aliphatic carbocycles. The van der Waals surface area contributed by atoms with E-state index >= 15 is 0 Å². The van der Waals surface area contributed by atoms with Crippen LogP contribution in [0.25, 0.3) is 0 Å². The molecule has 1 saturated heterocycles. The quantitative estimate of drug-likeness (QED) is 0.926. The summed E-state index contributed by atoms with van der Waals surface area (Å²) in [5.41, 5.74) is 2.75. The fourth-order valence-corrected chi connectivity index (χ4v) is 2.99. The lowest BCUT2D eigenvalue weighted by Crippen LogP contribution is -2.32. The number of hydrogen-bond donors (Lipinski definition) is 1. The van der Waals surface area contributed by atoms with E-state index in [1.54, 1.807) is 11.0 Å². The van der Waals surface area contributed by atoms with Crippen LogP contribution >= 0.6 is 11.6 Å². The van der Waals surface area contributed by atoms with Gasteiger partial charge in [-0.1, -0.05) is 48.0 Å². The molecular formula is C19H19ClN2O2. The van der Waals surface area contributed by atoms with Crippen LogP contribution in [0.1, 0.15) is 17.5 Å². The molecule has 124 valence electrons. The van der Waals surface area contributed by atoms with Crippen molar-refractivity contribution in [1.29, 1.82) is 0 Å². The van der Waals surface area contributed by atoms with E-state index in [2.05, 4.69) is 5.32 Å². The van der Waals surface area contributed by atoms with Gasteiger partial charge in [0.15, 0.2) is 0 Å². The normalized spacial score (nSPS) is 17.2. The van der Waals surface area contributed by atoms with Crippen molar-refractivity contribution in [3.63, 3.8) is 0 Å². The molecule has 0 bridgehead atoms. The molecule has 4 nitrogen and oxygen atoms in total. The summed E-state index contributed by atoms with van der Waals surface area (Å²) in [6.07, 6.45) is 0.228. The minimum absolute atomic E-state index is 0.0465. The molecule has 0 radical (unpaired) electrons. The Kier molecular flexibility index (Phi) is 4.86. The molecule has 2 aromatic rings. The van der Waals surface area contributed by atoms with E-state index < -0.39 is 0 Å². The van der Waals surface area contributed by atoms with Crippen LogP contribution in [0.5, 0.6) is 0 Å². The van der Waals surface area contributed by atoms with Crippen molar-refractivity contribution < 1.29 is 9.59 Å². The number of benzene rings is 2. The number of carbonyl (C=O) groups excluding carboxylic acids is 2. The zero-order chi connectivity index (χ0) is 17.1. The molecule has 0 spiro atoms. The number of nitrogens with zero attached hydrogens (tertiary/aromatic N) is 1. The van der Waals surface area contributed by atoms with E-state index in [9.17, 15) is 9.59 Å². The summed E-state index contributed by atoms with van der Waals surface area (Å²) in [7, 11) is 0.